The van der Waals surface area contributed by atoms with Crippen molar-refractivity contribution >= 4 is 29.6 Å². The van der Waals surface area contributed by atoms with Gasteiger partial charge < -0.3 is 29.2 Å². The van der Waals surface area contributed by atoms with E-state index in [4.69, 9.17) is 11.2 Å². The molecule has 0 aromatic rings. The lowest BCUT2D eigenvalue weighted by Crippen LogP contribution is -2.44. The normalized spacial score (nSPS) is 11.7. The quantitative estimate of drug-likeness (QED) is 0.119. The fourth-order valence-electron chi connectivity index (χ4n) is 4.19. The van der Waals surface area contributed by atoms with Gasteiger partial charge in [0.05, 0.1) is 13.0 Å². The van der Waals surface area contributed by atoms with E-state index in [2.05, 4.69) is 12.5 Å². The zero-order valence-electron chi connectivity index (χ0n) is 27.8. The van der Waals surface area contributed by atoms with E-state index in [1.165, 1.54) is 11.8 Å². The van der Waals surface area contributed by atoms with Gasteiger partial charge in [0, 0.05) is 78.0 Å². The summed E-state index contributed by atoms with van der Waals surface area (Å²) in [6.45, 7) is 16.8. The number of ether oxygens (including phenoxy) is 1. The first-order chi connectivity index (χ1) is 20.1. The van der Waals surface area contributed by atoms with E-state index in [0.29, 0.717) is 26.1 Å². The van der Waals surface area contributed by atoms with E-state index >= 15 is 0 Å². The second-order valence-corrected chi connectivity index (χ2v) is 11.9. The second kappa shape index (κ2) is 20.5. The summed E-state index contributed by atoms with van der Waals surface area (Å²) in [6, 6.07) is -0.118. The van der Waals surface area contributed by atoms with Gasteiger partial charge in [-0.15, -0.1) is 13.0 Å². The van der Waals surface area contributed by atoms with Crippen LogP contribution in [0.2, 0.25) is 0 Å². The van der Waals surface area contributed by atoms with Crippen molar-refractivity contribution in [3.63, 3.8) is 0 Å². The van der Waals surface area contributed by atoms with Crippen LogP contribution in [0.3, 0.4) is 0 Å². The van der Waals surface area contributed by atoms with Crippen molar-refractivity contribution in [2.24, 2.45) is 0 Å². The van der Waals surface area contributed by atoms with Gasteiger partial charge in [-0.2, -0.15) is 0 Å². The van der Waals surface area contributed by atoms with Gasteiger partial charge in [-0.05, 0) is 48.2 Å². The Bertz CT molecular complexity index is 968. The molecule has 0 N–H and O–H groups in total. The first-order valence-corrected chi connectivity index (χ1v) is 15.1. The molecule has 0 rings (SSSR count). The molecule has 0 saturated carbocycles. The molecular formula is C32H55N5O6. The highest BCUT2D eigenvalue weighted by atomic mass is 16.6. The molecule has 0 heterocycles. The van der Waals surface area contributed by atoms with E-state index in [1.54, 1.807) is 41.5 Å². The standard InChI is InChI=1S/C32H55N5O6/c1-11-18-35(28(39)14-20-34(27(5)38)25-24-33(9)10)21-15-30(41)37(26(4)13-3)23-16-29(40)36(19-12-2)22-17-31(42)43-32(6,7)8/h2,11,26H,1,13-25H2,3-10H3/t26-/m0/s1. The molecule has 0 aromatic carbocycles. The molecule has 0 aliphatic rings. The minimum absolute atomic E-state index is 0.0195. The summed E-state index contributed by atoms with van der Waals surface area (Å²) >= 11 is 0. The Hall–Kier alpha value is -3.39. The highest BCUT2D eigenvalue weighted by Gasteiger charge is 2.24. The molecule has 0 aliphatic carbocycles. The molecule has 0 saturated heterocycles. The predicted octanol–water partition coefficient (Wildman–Crippen LogP) is 2.40. The van der Waals surface area contributed by atoms with Gasteiger partial charge in [0.2, 0.25) is 23.6 Å². The topological polar surface area (TPSA) is 111 Å². The average Bonchev–Trinajstić information content (AvgIpc) is 2.91. The largest absolute Gasteiger partial charge is 0.460 e. The van der Waals surface area contributed by atoms with Gasteiger partial charge in [-0.3, -0.25) is 24.0 Å². The molecule has 0 bridgehead atoms. The number of hydrogen-bond acceptors (Lipinski definition) is 7. The molecule has 11 heteroatoms. The predicted molar refractivity (Wildman–Crippen MR) is 169 cm³/mol. The van der Waals surface area contributed by atoms with Crippen LogP contribution in [0.25, 0.3) is 0 Å². The fourth-order valence-corrected chi connectivity index (χ4v) is 4.19. The molecule has 0 radical (unpaired) electrons. The summed E-state index contributed by atoms with van der Waals surface area (Å²) in [5, 5.41) is 0. The molecule has 0 spiro atoms. The van der Waals surface area contributed by atoms with Gasteiger partial charge in [-0.25, -0.2) is 0 Å². The van der Waals surface area contributed by atoms with Crippen LogP contribution < -0.4 is 0 Å². The number of likely N-dealkylation sites (N-methyl/N-ethyl adjacent to an activating group) is 1. The fraction of sp³-hybridized carbons (Fsp3) is 0.719. The molecule has 0 aromatic heterocycles. The molecule has 4 amide bonds. The Morgan fingerprint density at radius 1 is 0.837 bits per heavy atom. The lowest BCUT2D eigenvalue weighted by molar-refractivity contribution is -0.155. The Balaban J connectivity index is 5.25. The average molecular weight is 606 g/mol. The molecule has 0 unspecified atom stereocenters. The maximum absolute atomic E-state index is 13.3. The first-order valence-electron chi connectivity index (χ1n) is 15.1. The Morgan fingerprint density at radius 3 is 1.88 bits per heavy atom. The minimum Gasteiger partial charge on any atom is -0.460 e. The van der Waals surface area contributed by atoms with Crippen molar-refractivity contribution in [1.82, 2.24) is 24.5 Å². The van der Waals surface area contributed by atoms with Crippen LogP contribution in [0.1, 0.15) is 73.6 Å². The van der Waals surface area contributed by atoms with E-state index in [9.17, 15) is 24.0 Å². The molecule has 43 heavy (non-hydrogen) atoms. The van der Waals surface area contributed by atoms with Crippen LogP contribution in [-0.4, -0.2) is 132 Å². The Kier molecular flexibility index (Phi) is 18.9. The molecule has 0 aliphatic heterocycles. The number of terminal acetylenes is 1. The minimum atomic E-state index is -0.623. The van der Waals surface area contributed by atoms with Crippen LogP contribution in [0.15, 0.2) is 12.7 Å². The molecule has 11 nitrogen and oxygen atoms in total. The van der Waals surface area contributed by atoms with Gasteiger partial charge in [-0.1, -0.05) is 18.9 Å². The van der Waals surface area contributed by atoms with Gasteiger partial charge in [0.15, 0.2) is 0 Å². The summed E-state index contributed by atoms with van der Waals surface area (Å²) in [5.74, 6) is 1.36. The highest BCUT2D eigenvalue weighted by molar-refractivity contribution is 5.81. The number of hydrogen-bond donors (Lipinski definition) is 0. The summed E-state index contributed by atoms with van der Waals surface area (Å²) < 4.78 is 5.32. The summed E-state index contributed by atoms with van der Waals surface area (Å²) in [7, 11) is 3.84. The van der Waals surface area contributed by atoms with Gasteiger partial charge in [0.25, 0.3) is 0 Å². The van der Waals surface area contributed by atoms with E-state index in [0.717, 1.165) is 0 Å². The maximum Gasteiger partial charge on any atom is 0.308 e. The van der Waals surface area contributed by atoms with Gasteiger partial charge >= 0.3 is 5.97 Å². The van der Waals surface area contributed by atoms with Crippen molar-refractivity contribution < 1.29 is 28.7 Å². The number of carbonyl (C=O) groups excluding carboxylic acids is 5. The monoisotopic (exact) mass is 605 g/mol. The highest BCUT2D eigenvalue weighted by Crippen LogP contribution is 2.12. The van der Waals surface area contributed by atoms with Crippen LogP contribution in [0.4, 0.5) is 0 Å². The van der Waals surface area contributed by atoms with E-state index in [1.807, 2.05) is 32.8 Å². The third kappa shape index (κ3) is 17.4. The number of amides is 4. The third-order valence-electron chi connectivity index (χ3n) is 6.81. The van der Waals surface area contributed by atoms with E-state index in [-0.39, 0.29) is 88.1 Å². The van der Waals surface area contributed by atoms with Crippen molar-refractivity contribution in [2.75, 3.05) is 66.5 Å². The number of nitrogens with zero attached hydrogens (tertiary/aromatic N) is 5. The van der Waals surface area contributed by atoms with Crippen LogP contribution in [0, 0.1) is 12.3 Å². The SMILES string of the molecule is C#CCN(CCC(=O)OC(C)(C)C)C(=O)CCN(C(=O)CCN(CC=C)C(=O)CCN(CCN(C)C)C(C)=O)[C@@H](C)CC. The summed E-state index contributed by atoms with van der Waals surface area (Å²) in [4.78, 5) is 71.8. The third-order valence-corrected chi connectivity index (χ3v) is 6.81. The van der Waals surface area contributed by atoms with Gasteiger partial charge in [0.1, 0.15) is 5.60 Å². The van der Waals surface area contributed by atoms with Crippen molar-refractivity contribution in [3.8, 4) is 12.3 Å². The van der Waals surface area contributed by atoms with E-state index < -0.39 is 11.6 Å². The molecular weight excluding hydrogens is 550 g/mol. The number of esters is 1. The number of rotatable bonds is 20. The zero-order valence-corrected chi connectivity index (χ0v) is 27.8. The lowest BCUT2D eigenvalue weighted by Gasteiger charge is -2.31. The van der Waals surface area contributed by atoms with Crippen LogP contribution in [0.5, 0.6) is 0 Å². The molecule has 244 valence electrons. The zero-order chi connectivity index (χ0) is 33.2. The number of carbonyl (C=O) groups is 5. The van der Waals surface area contributed by atoms with Crippen LogP contribution in [-0.2, 0) is 28.7 Å². The Morgan fingerprint density at radius 2 is 1.37 bits per heavy atom. The summed E-state index contributed by atoms with van der Waals surface area (Å²) in [5.41, 5.74) is -0.623. The Labute approximate surface area is 259 Å². The van der Waals surface area contributed by atoms with Crippen molar-refractivity contribution in [1.29, 1.82) is 0 Å². The van der Waals surface area contributed by atoms with Crippen LogP contribution >= 0.6 is 0 Å². The molecule has 1 atom stereocenters. The first kappa shape index (κ1) is 39.6. The summed E-state index contributed by atoms with van der Waals surface area (Å²) in [6.07, 6.45) is 8.06. The molecule has 0 fully saturated rings. The van der Waals surface area contributed by atoms with Crippen molar-refractivity contribution in [2.45, 2.75) is 85.3 Å². The lowest BCUT2D eigenvalue weighted by atomic mass is 10.1. The smallest absolute Gasteiger partial charge is 0.308 e. The van der Waals surface area contributed by atoms with Crippen molar-refractivity contribution in [3.05, 3.63) is 12.7 Å². The second-order valence-electron chi connectivity index (χ2n) is 11.9. The maximum atomic E-state index is 13.3.